The lowest BCUT2D eigenvalue weighted by atomic mass is 10.0. The van der Waals surface area contributed by atoms with Gasteiger partial charge in [0.15, 0.2) is 5.96 Å². The van der Waals surface area contributed by atoms with Gasteiger partial charge in [0, 0.05) is 32.7 Å². The van der Waals surface area contributed by atoms with Crippen LogP contribution in [0.4, 0.5) is 18.9 Å². The number of rotatable bonds is 6. The molecule has 10 heteroatoms. The number of piperidine rings is 1. The Bertz CT molecular complexity index is 789. The van der Waals surface area contributed by atoms with Crippen molar-refractivity contribution in [1.82, 2.24) is 15.5 Å². The highest BCUT2D eigenvalue weighted by Gasteiger charge is 2.31. The van der Waals surface area contributed by atoms with Crippen molar-refractivity contribution >= 4 is 17.6 Å². The number of likely N-dealkylation sites (N-methyl/N-ethyl adjacent to an activating group) is 1. The Morgan fingerprint density at radius 1 is 1.40 bits per heavy atom. The normalized spacial score (nSPS) is 17.3. The first kappa shape index (κ1) is 23.3. The molecule has 7 nitrogen and oxygen atoms in total. The molecule has 1 unspecified atom stereocenters. The zero-order chi connectivity index (χ0) is 22.1. The molecule has 0 aromatic heterocycles. The number of nitrogens with one attached hydrogen (secondary N) is 2. The van der Waals surface area contributed by atoms with Gasteiger partial charge in [-0.15, -0.1) is 0 Å². The Kier molecular flexibility index (Phi) is 8.33. The first-order valence-corrected chi connectivity index (χ1v) is 9.83. The molecule has 1 aromatic carbocycles. The molecule has 164 valence electrons. The number of carbonyl (C=O) groups excluding carboxylic acids is 1. The van der Waals surface area contributed by atoms with Gasteiger partial charge in [0.05, 0.1) is 11.3 Å². The van der Waals surface area contributed by atoms with E-state index in [1.54, 1.807) is 6.07 Å². The second-order valence-electron chi connectivity index (χ2n) is 7.12. The highest BCUT2D eigenvalue weighted by molar-refractivity contribution is 5.85. The molecule has 30 heavy (non-hydrogen) atoms. The Hall–Kier alpha value is -2.96. The van der Waals surface area contributed by atoms with Crippen molar-refractivity contribution in [2.24, 2.45) is 4.99 Å². The Morgan fingerprint density at radius 2 is 2.13 bits per heavy atom. The number of anilines is 1. The fourth-order valence-corrected chi connectivity index (χ4v) is 3.30. The molecule has 1 aromatic rings. The number of guanidine groups is 1. The molecule has 1 aliphatic rings. The lowest BCUT2D eigenvalue weighted by Crippen LogP contribution is -2.51. The molecular formula is C20H27F3N6O. The molecule has 0 spiro atoms. The van der Waals surface area contributed by atoms with Gasteiger partial charge < -0.3 is 20.4 Å². The summed E-state index contributed by atoms with van der Waals surface area (Å²) in [6.45, 7) is 2.20. The molecule has 1 heterocycles. The highest BCUT2D eigenvalue weighted by atomic mass is 19.4. The van der Waals surface area contributed by atoms with Crippen molar-refractivity contribution in [3.63, 3.8) is 0 Å². The molecule has 2 N–H and O–H groups in total. The maximum atomic E-state index is 12.4. The molecule has 2 rings (SSSR count). The fourth-order valence-electron chi connectivity index (χ4n) is 3.30. The monoisotopic (exact) mass is 424 g/mol. The number of nitrogens with zero attached hydrogens (tertiary/aromatic N) is 4. The van der Waals surface area contributed by atoms with Crippen LogP contribution in [0.1, 0.15) is 25.3 Å². The van der Waals surface area contributed by atoms with Gasteiger partial charge in [-0.3, -0.25) is 4.79 Å². The Labute approximate surface area is 174 Å². The van der Waals surface area contributed by atoms with Crippen LogP contribution in [0.25, 0.3) is 0 Å². The largest absolute Gasteiger partial charge is 0.406 e. The first-order chi connectivity index (χ1) is 14.2. The van der Waals surface area contributed by atoms with Crippen LogP contribution in [0.3, 0.4) is 0 Å². The summed E-state index contributed by atoms with van der Waals surface area (Å²) < 4.78 is 37.3. The summed E-state index contributed by atoms with van der Waals surface area (Å²) in [5, 5.41) is 15.6. The topological polar surface area (TPSA) is 83.8 Å². The van der Waals surface area contributed by atoms with Gasteiger partial charge in [0.2, 0.25) is 5.91 Å². The number of aliphatic imine (C=N–C) groups is 1. The van der Waals surface area contributed by atoms with Gasteiger partial charge >= 0.3 is 6.18 Å². The van der Waals surface area contributed by atoms with E-state index in [2.05, 4.69) is 26.6 Å². The molecule has 1 aliphatic heterocycles. The predicted molar refractivity (Wildman–Crippen MR) is 109 cm³/mol. The number of halogens is 3. The minimum absolute atomic E-state index is 0.0197. The summed E-state index contributed by atoms with van der Waals surface area (Å²) in [6.07, 6.45) is -2.66. The molecule has 1 amide bonds. The van der Waals surface area contributed by atoms with Crippen molar-refractivity contribution in [3.05, 3.63) is 29.8 Å². The maximum absolute atomic E-state index is 12.4. The summed E-state index contributed by atoms with van der Waals surface area (Å²) in [4.78, 5) is 18.9. The van der Waals surface area contributed by atoms with Crippen molar-refractivity contribution in [2.45, 2.75) is 32.0 Å². The van der Waals surface area contributed by atoms with Gasteiger partial charge in [-0.05, 0) is 31.9 Å². The molecule has 1 fully saturated rings. The van der Waals surface area contributed by atoms with Crippen LogP contribution < -0.4 is 15.5 Å². The summed E-state index contributed by atoms with van der Waals surface area (Å²) in [7, 11) is 1.11. The quantitative estimate of drug-likeness (QED) is 0.540. The van der Waals surface area contributed by atoms with Gasteiger partial charge in [-0.2, -0.15) is 18.4 Å². The third-order valence-electron chi connectivity index (χ3n) is 4.69. The summed E-state index contributed by atoms with van der Waals surface area (Å²) in [5.41, 5.74) is 1.48. The van der Waals surface area contributed by atoms with Crippen LogP contribution in [-0.2, 0) is 4.79 Å². The van der Waals surface area contributed by atoms with Gasteiger partial charge in [0.1, 0.15) is 19.2 Å². The van der Waals surface area contributed by atoms with Crippen LogP contribution in [0.5, 0.6) is 0 Å². The zero-order valence-corrected chi connectivity index (χ0v) is 17.2. The third kappa shape index (κ3) is 7.13. The molecular weight excluding hydrogens is 397 g/mol. The minimum Gasteiger partial charge on any atom is -0.368 e. The van der Waals surface area contributed by atoms with Crippen molar-refractivity contribution in [2.75, 3.05) is 44.7 Å². The Balaban J connectivity index is 2.01. The van der Waals surface area contributed by atoms with Crippen LogP contribution >= 0.6 is 0 Å². The number of alkyl halides is 3. The second kappa shape index (κ2) is 10.7. The standard InChI is InChI=1S/C20H27F3N6O/c1-3-25-19(26-12-18(30)28(2)14-20(21,22)23)27-16-8-6-10-29(13-16)17-9-5-4-7-15(17)11-24/h4-5,7,9,16H,3,6,8,10,12-14H2,1-2H3,(H2,25,26,27). The fraction of sp³-hybridized carbons (Fsp3) is 0.550. The first-order valence-electron chi connectivity index (χ1n) is 9.83. The number of hydrogen-bond acceptors (Lipinski definition) is 4. The number of nitriles is 1. The minimum atomic E-state index is -4.44. The lowest BCUT2D eigenvalue weighted by molar-refractivity contribution is -0.157. The van der Waals surface area contributed by atoms with E-state index in [0.717, 1.165) is 32.1 Å². The summed E-state index contributed by atoms with van der Waals surface area (Å²) >= 11 is 0. The van der Waals surface area contributed by atoms with E-state index in [1.807, 2.05) is 25.1 Å². The summed E-state index contributed by atoms with van der Waals surface area (Å²) in [6, 6.07) is 9.63. The number of carbonyl (C=O) groups is 1. The van der Waals surface area contributed by atoms with E-state index in [1.165, 1.54) is 0 Å². The van der Waals surface area contributed by atoms with Gasteiger partial charge in [-0.25, -0.2) is 4.99 Å². The van der Waals surface area contributed by atoms with E-state index in [0.29, 0.717) is 29.5 Å². The number of para-hydroxylation sites is 1. The average molecular weight is 424 g/mol. The maximum Gasteiger partial charge on any atom is 0.406 e. The van der Waals surface area contributed by atoms with Gasteiger partial charge in [0.25, 0.3) is 0 Å². The predicted octanol–water partition coefficient (Wildman–Crippen LogP) is 2.10. The molecule has 0 saturated carbocycles. The Morgan fingerprint density at radius 3 is 2.80 bits per heavy atom. The number of benzene rings is 1. The van der Waals surface area contributed by atoms with Crippen LogP contribution in [0.15, 0.2) is 29.3 Å². The van der Waals surface area contributed by atoms with E-state index >= 15 is 0 Å². The van der Waals surface area contributed by atoms with E-state index in [-0.39, 0.29) is 12.6 Å². The highest BCUT2D eigenvalue weighted by Crippen LogP contribution is 2.23. The zero-order valence-electron chi connectivity index (χ0n) is 17.2. The third-order valence-corrected chi connectivity index (χ3v) is 4.69. The van der Waals surface area contributed by atoms with E-state index in [4.69, 9.17) is 0 Å². The molecule has 1 atom stereocenters. The second-order valence-corrected chi connectivity index (χ2v) is 7.12. The van der Waals surface area contributed by atoms with Crippen molar-refractivity contribution in [3.8, 4) is 6.07 Å². The van der Waals surface area contributed by atoms with Crippen molar-refractivity contribution in [1.29, 1.82) is 5.26 Å². The van der Waals surface area contributed by atoms with Gasteiger partial charge in [-0.1, -0.05) is 12.1 Å². The number of amides is 1. The SMILES string of the molecule is CCNC(=NCC(=O)N(C)CC(F)(F)F)NC1CCCN(c2ccccc2C#N)C1. The average Bonchev–Trinajstić information content (AvgIpc) is 2.70. The molecule has 1 saturated heterocycles. The summed E-state index contributed by atoms with van der Waals surface area (Å²) in [5.74, 6) is -0.329. The van der Waals surface area contributed by atoms with Crippen LogP contribution in [0, 0.1) is 11.3 Å². The van der Waals surface area contributed by atoms with Crippen LogP contribution in [0.2, 0.25) is 0 Å². The number of hydrogen-bond donors (Lipinski definition) is 2. The molecule has 0 aliphatic carbocycles. The molecule has 0 bridgehead atoms. The van der Waals surface area contributed by atoms with E-state index < -0.39 is 18.6 Å². The van der Waals surface area contributed by atoms with E-state index in [9.17, 15) is 23.2 Å². The smallest absolute Gasteiger partial charge is 0.368 e. The molecule has 0 radical (unpaired) electrons. The lowest BCUT2D eigenvalue weighted by Gasteiger charge is -2.35. The van der Waals surface area contributed by atoms with Crippen LogP contribution in [-0.4, -0.2) is 68.8 Å². The van der Waals surface area contributed by atoms with Crippen molar-refractivity contribution < 1.29 is 18.0 Å².